The summed E-state index contributed by atoms with van der Waals surface area (Å²) < 4.78 is 5.92. The number of Topliss-reactive ketones (excluding diaryl/α,β-unsaturated/α-hetero) is 1. The van der Waals surface area contributed by atoms with E-state index in [-0.39, 0.29) is 5.78 Å². The van der Waals surface area contributed by atoms with Gasteiger partial charge in [-0.1, -0.05) is 36.8 Å². The highest BCUT2D eigenvalue weighted by Crippen LogP contribution is 2.29. The molecule has 2 aromatic carbocycles. The molecule has 3 heteroatoms. The summed E-state index contributed by atoms with van der Waals surface area (Å²) in [6.45, 7) is 0. The van der Waals surface area contributed by atoms with Gasteiger partial charge in [-0.2, -0.15) is 0 Å². The monoisotopic (exact) mass is 307 g/mol. The summed E-state index contributed by atoms with van der Waals surface area (Å²) in [5, 5.41) is 3.25. The summed E-state index contributed by atoms with van der Waals surface area (Å²) in [5.41, 5.74) is 1.75. The molecule has 1 aliphatic carbocycles. The van der Waals surface area contributed by atoms with Crippen LogP contribution in [0.3, 0.4) is 0 Å². The van der Waals surface area contributed by atoms with Crippen molar-refractivity contribution in [2.45, 2.75) is 32.1 Å². The molecule has 23 heavy (non-hydrogen) atoms. The van der Waals surface area contributed by atoms with Gasteiger partial charge in [-0.05, 0) is 43.5 Å². The van der Waals surface area contributed by atoms with Gasteiger partial charge < -0.3 is 10.1 Å². The van der Waals surface area contributed by atoms with Crippen LogP contribution in [0, 0.1) is 0 Å². The van der Waals surface area contributed by atoms with Crippen LogP contribution >= 0.6 is 0 Å². The number of carbonyl (C=O) groups excluding carboxylic acids is 1. The van der Waals surface area contributed by atoms with E-state index in [1.54, 1.807) is 0 Å². The fraction of sp³-hybridized carbons (Fsp3) is 0.250. The zero-order chi connectivity index (χ0) is 15.9. The Morgan fingerprint density at radius 2 is 1.61 bits per heavy atom. The lowest BCUT2D eigenvalue weighted by Crippen LogP contribution is -2.03. The van der Waals surface area contributed by atoms with Crippen LogP contribution in [0.4, 0.5) is 5.69 Å². The number of rotatable bonds is 4. The Balaban J connectivity index is 1.76. The molecule has 3 rings (SSSR count). The molecule has 2 aromatic rings. The molecule has 1 saturated carbocycles. The number of ether oxygens (including phenoxy) is 1. The van der Waals surface area contributed by atoms with Gasteiger partial charge in [0.25, 0.3) is 0 Å². The summed E-state index contributed by atoms with van der Waals surface area (Å²) in [7, 11) is 0. The van der Waals surface area contributed by atoms with Crippen molar-refractivity contribution in [2.75, 3.05) is 5.32 Å². The molecular formula is C20H21NO2. The molecule has 0 aliphatic heterocycles. The van der Waals surface area contributed by atoms with Crippen molar-refractivity contribution in [2.24, 2.45) is 0 Å². The number of allylic oxidation sites excluding steroid dienone is 1. The first-order valence-corrected chi connectivity index (χ1v) is 8.13. The zero-order valence-corrected chi connectivity index (χ0v) is 13.1. The first-order chi connectivity index (χ1) is 11.3. The third-order valence-electron chi connectivity index (χ3n) is 3.97. The van der Waals surface area contributed by atoms with E-state index < -0.39 is 0 Å². The highest BCUT2D eigenvalue weighted by Gasteiger charge is 2.13. The van der Waals surface area contributed by atoms with E-state index >= 15 is 0 Å². The number of nitrogens with one attached hydrogen (secondary N) is 1. The van der Waals surface area contributed by atoms with Crippen LogP contribution in [0.1, 0.15) is 32.1 Å². The molecule has 0 aromatic heterocycles. The maximum absolute atomic E-state index is 12.1. The van der Waals surface area contributed by atoms with E-state index in [4.69, 9.17) is 4.74 Å². The Labute approximate surface area is 137 Å². The van der Waals surface area contributed by atoms with Gasteiger partial charge in [0.15, 0.2) is 11.5 Å². The first-order valence-electron chi connectivity index (χ1n) is 8.13. The minimum Gasteiger partial charge on any atom is -0.455 e. The van der Waals surface area contributed by atoms with Gasteiger partial charge in [-0.25, -0.2) is 0 Å². The number of ketones is 1. The average Bonchev–Trinajstić information content (AvgIpc) is 2.79. The summed E-state index contributed by atoms with van der Waals surface area (Å²) in [4.78, 5) is 12.1. The van der Waals surface area contributed by atoms with E-state index in [2.05, 4.69) is 5.32 Å². The van der Waals surface area contributed by atoms with Gasteiger partial charge in [0.1, 0.15) is 5.75 Å². The third kappa shape index (κ3) is 4.22. The maximum Gasteiger partial charge on any atom is 0.160 e. The number of anilines is 1. The van der Waals surface area contributed by atoms with Crippen LogP contribution in [0.2, 0.25) is 0 Å². The minimum absolute atomic E-state index is 0.261. The van der Waals surface area contributed by atoms with Gasteiger partial charge in [-0.3, -0.25) is 4.79 Å². The van der Waals surface area contributed by atoms with Crippen LogP contribution in [-0.4, -0.2) is 5.78 Å². The second-order valence-electron chi connectivity index (χ2n) is 5.71. The molecule has 0 atom stereocenters. The Morgan fingerprint density at radius 3 is 2.48 bits per heavy atom. The average molecular weight is 307 g/mol. The maximum atomic E-state index is 12.1. The smallest absolute Gasteiger partial charge is 0.160 e. The first kappa shape index (κ1) is 15.3. The van der Waals surface area contributed by atoms with E-state index in [0.29, 0.717) is 6.42 Å². The van der Waals surface area contributed by atoms with E-state index in [0.717, 1.165) is 48.4 Å². The van der Waals surface area contributed by atoms with E-state index in [1.165, 1.54) is 0 Å². The van der Waals surface area contributed by atoms with Gasteiger partial charge in [-0.15, -0.1) is 0 Å². The molecule has 0 heterocycles. The number of hydrogen-bond donors (Lipinski definition) is 1. The molecule has 0 amide bonds. The molecule has 0 spiro atoms. The molecule has 0 bridgehead atoms. The molecule has 0 saturated heterocycles. The van der Waals surface area contributed by atoms with Crippen molar-refractivity contribution in [3.63, 3.8) is 0 Å². The number of carbonyl (C=O) groups is 1. The Hall–Kier alpha value is -2.55. The Morgan fingerprint density at radius 1 is 0.870 bits per heavy atom. The van der Waals surface area contributed by atoms with E-state index in [9.17, 15) is 4.79 Å². The highest BCUT2D eigenvalue weighted by molar-refractivity contribution is 5.95. The SMILES string of the molecule is O=C1CCCCC/C1=C\Nc1ccccc1Oc1ccccc1. The summed E-state index contributed by atoms with van der Waals surface area (Å²) >= 11 is 0. The van der Waals surface area contributed by atoms with Gasteiger partial charge in [0, 0.05) is 18.2 Å². The van der Waals surface area contributed by atoms with Gasteiger partial charge in [0.2, 0.25) is 0 Å². The Bertz CT molecular complexity index is 692. The number of benzene rings is 2. The predicted molar refractivity (Wildman–Crippen MR) is 92.8 cm³/mol. The highest BCUT2D eigenvalue weighted by atomic mass is 16.5. The topological polar surface area (TPSA) is 38.3 Å². The van der Waals surface area contributed by atoms with E-state index in [1.807, 2.05) is 60.8 Å². The third-order valence-corrected chi connectivity index (χ3v) is 3.97. The fourth-order valence-corrected chi connectivity index (χ4v) is 2.69. The molecule has 1 aliphatic rings. The van der Waals surface area contributed by atoms with Crippen LogP contribution in [0.5, 0.6) is 11.5 Å². The molecule has 0 unspecified atom stereocenters. The number of hydrogen-bond acceptors (Lipinski definition) is 3. The van der Waals surface area contributed by atoms with Crippen LogP contribution < -0.4 is 10.1 Å². The normalized spacial score (nSPS) is 16.9. The van der Waals surface area contributed by atoms with Crippen LogP contribution in [-0.2, 0) is 4.79 Å². The lowest BCUT2D eigenvalue weighted by Gasteiger charge is -2.11. The summed E-state index contributed by atoms with van der Waals surface area (Å²) in [6, 6.07) is 17.4. The second kappa shape index (κ2) is 7.63. The van der Waals surface area contributed by atoms with Gasteiger partial charge >= 0.3 is 0 Å². The molecular weight excluding hydrogens is 286 g/mol. The minimum atomic E-state index is 0.261. The van der Waals surface area contributed by atoms with Crippen molar-refractivity contribution in [3.8, 4) is 11.5 Å². The van der Waals surface area contributed by atoms with Crippen molar-refractivity contribution >= 4 is 11.5 Å². The molecule has 3 nitrogen and oxygen atoms in total. The molecule has 118 valence electrons. The van der Waals surface area contributed by atoms with Crippen molar-refractivity contribution in [3.05, 3.63) is 66.4 Å². The van der Waals surface area contributed by atoms with Crippen molar-refractivity contribution in [1.29, 1.82) is 0 Å². The summed E-state index contributed by atoms with van der Waals surface area (Å²) in [6.07, 6.45) is 6.59. The van der Waals surface area contributed by atoms with Crippen LogP contribution in [0.25, 0.3) is 0 Å². The fourth-order valence-electron chi connectivity index (χ4n) is 2.69. The summed E-state index contributed by atoms with van der Waals surface area (Å²) in [5.74, 6) is 1.80. The quantitative estimate of drug-likeness (QED) is 0.614. The zero-order valence-electron chi connectivity index (χ0n) is 13.1. The number of para-hydroxylation sites is 3. The molecule has 1 fully saturated rings. The van der Waals surface area contributed by atoms with Crippen molar-refractivity contribution in [1.82, 2.24) is 0 Å². The van der Waals surface area contributed by atoms with Crippen molar-refractivity contribution < 1.29 is 9.53 Å². The predicted octanol–water partition coefficient (Wildman–Crippen LogP) is 5.31. The second-order valence-corrected chi connectivity index (χ2v) is 5.71. The van der Waals surface area contributed by atoms with Gasteiger partial charge in [0.05, 0.1) is 5.69 Å². The lowest BCUT2D eigenvalue weighted by molar-refractivity contribution is -0.115. The Kier molecular flexibility index (Phi) is 5.09. The van der Waals surface area contributed by atoms with Crippen LogP contribution in [0.15, 0.2) is 66.4 Å². The lowest BCUT2D eigenvalue weighted by atomic mass is 10.1. The standard InChI is InChI=1S/C20H21NO2/c22-19-13-6-1-3-9-16(19)15-21-18-12-7-8-14-20(18)23-17-10-4-2-5-11-17/h2,4-5,7-8,10-12,14-15,21H,1,3,6,9,13H2/b16-15+. The largest absolute Gasteiger partial charge is 0.455 e. The molecule has 0 radical (unpaired) electrons. The molecule has 1 N–H and O–H groups in total.